The number of nitrogens with one attached hydrogen (secondary N) is 1. The molecule has 3 rings (SSSR count). The van der Waals surface area contributed by atoms with Gasteiger partial charge in [-0.1, -0.05) is 36.4 Å². The minimum atomic E-state index is -3.57. The van der Waals surface area contributed by atoms with Gasteiger partial charge in [0.15, 0.2) is 0 Å². The summed E-state index contributed by atoms with van der Waals surface area (Å²) in [4.78, 5) is 1.20. The van der Waals surface area contributed by atoms with Crippen LogP contribution in [-0.2, 0) is 23.1 Å². The molecule has 3 aromatic rings. The van der Waals surface area contributed by atoms with E-state index in [1.165, 1.54) is 11.3 Å². The highest BCUT2D eigenvalue weighted by molar-refractivity contribution is 7.89. The first-order valence-corrected chi connectivity index (χ1v) is 9.51. The summed E-state index contributed by atoms with van der Waals surface area (Å²) in [6.07, 6.45) is 1.58. The van der Waals surface area contributed by atoms with Crippen molar-refractivity contribution >= 4 is 21.4 Å². The van der Waals surface area contributed by atoms with E-state index in [9.17, 15) is 8.42 Å². The van der Waals surface area contributed by atoms with Gasteiger partial charge in [0.2, 0.25) is 10.0 Å². The Balaban J connectivity index is 1.77. The van der Waals surface area contributed by atoms with Crippen LogP contribution in [0.15, 0.2) is 58.9 Å². The zero-order chi connectivity index (χ0) is 16.3. The number of aromatic nitrogens is 2. The van der Waals surface area contributed by atoms with Crippen LogP contribution >= 0.6 is 11.3 Å². The fourth-order valence-electron chi connectivity index (χ4n) is 2.27. The molecule has 1 aromatic carbocycles. The molecule has 0 unspecified atom stereocenters. The summed E-state index contributed by atoms with van der Waals surface area (Å²) in [6, 6.07) is 13.6. The summed E-state index contributed by atoms with van der Waals surface area (Å²) in [5.74, 6) is 0. The first-order chi connectivity index (χ1) is 11.0. The predicted molar refractivity (Wildman–Crippen MR) is 90.9 cm³/mol. The minimum absolute atomic E-state index is 0.227. The standard InChI is InChI=1S/C16H17N3O2S2/c1-13-16(23(20,21)17-10-15-8-5-9-22-15)12-19(18-13)11-14-6-3-2-4-7-14/h2-9,12,17H,10-11H2,1H3. The smallest absolute Gasteiger partial charge is 0.244 e. The Hall–Kier alpha value is -1.96. The lowest BCUT2D eigenvalue weighted by atomic mass is 10.2. The van der Waals surface area contributed by atoms with Gasteiger partial charge in [-0.05, 0) is 23.9 Å². The first-order valence-electron chi connectivity index (χ1n) is 7.14. The summed E-state index contributed by atoms with van der Waals surface area (Å²) in [7, 11) is -3.57. The molecule has 0 saturated heterocycles. The van der Waals surface area contributed by atoms with E-state index in [1.54, 1.807) is 17.8 Å². The van der Waals surface area contributed by atoms with E-state index in [0.29, 0.717) is 18.8 Å². The molecule has 0 spiro atoms. The minimum Gasteiger partial charge on any atom is -0.267 e. The third-order valence-electron chi connectivity index (χ3n) is 3.39. The van der Waals surface area contributed by atoms with Crippen molar-refractivity contribution in [2.45, 2.75) is 24.9 Å². The van der Waals surface area contributed by atoms with Gasteiger partial charge in [-0.25, -0.2) is 13.1 Å². The van der Waals surface area contributed by atoms with Gasteiger partial charge in [-0.3, -0.25) is 4.68 Å². The molecule has 0 radical (unpaired) electrons. The normalized spacial score (nSPS) is 11.7. The van der Waals surface area contributed by atoms with E-state index in [0.717, 1.165) is 10.4 Å². The highest BCUT2D eigenvalue weighted by atomic mass is 32.2. The van der Waals surface area contributed by atoms with Gasteiger partial charge in [-0.15, -0.1) is 11.3 Å². The zero-order valence-electron chi connectivity index (χ0n) is 12.6. The average Bonchev–Trinajstić information content (AvgIpc) is 3.16. The van der Waals surface area contributed by atoms with Gasteiger partial charge in [-0.2, -0.15) is 5.10 Å². The lowest BCUT2D eigenvalue weighted by Gasteiger charge is -2.04. The molecular weight excluding hydrogens is 330 g/mol. The Morgan fingerprint density at radius 2 is 1.96 bits per heavy atom. The summed E-state index contributed by atoms with van der Waals surface area (Å²) >= 11 is 1.52. The van der Waals surface area contributed by atoms with Gasteiger partial charge in [0.05, 0.1) is 12.2 Å². The Kier molecular flexibility index (Phi) is 4.61. The highest BCUT2D eigenvalue weighted by Gasteiger charge is 2.20. The van der Waals surface area contributed by atoms with Crippen LogP contribution in [-0.4, -0.2) is 18.2 Å². The Morgan fingerprint density at radius 1 is 1.17 bits per heavy atom. The van der Waals surface area contributed by atoms with E-state index in [4.69, 9.17) is 0 Å². The molecule has 5 nitrogen and oxygen atoms in total. The second-order valence-corrected chi connectivity index (χ2v) is 7.93. The second kappa shape index (κ2) is 6.66. The summed E-state index contributed by atoms with van der Waals surface area (Å²) in [5.41, 5.74) is 1.57. The largest absolute Gasteiger partial charge is 0.267 e. The maximum Gasteiger partial charge on any atom is 0.244 e. The second-order valence-electron chi connectivity index (χ2n) is 5.17. The number of thiophene rings is 1. The topological polar surface area (TPSA) is 64.0 Å². The molecule has 0 amide bonds. The van der Waals surface area contributed by atoms with Crippen molar-refractivity contribution in [2.24, 2.45) is 0 Å². The molecule has 0 aliphatic carbocycles. The first kappa shape index (κ1) is 15.9. The van der Waals surface area contributed by atoms with E-state index in [1.807, 2.05) is 47.8 Å². The Labute approximate surface area is 139 Å². The Bertz CT molecular complexity index is 869. The van der Waals surface area contributed by atoms with Crippen molar-refractivity contribution in [2.75, 3.05) is 0 Å². The van der Waals surface area contributed by atoms with Crippen LogP contribution in [0, 0.1) is 6.92 Å². The maximum atomic E-state index is 12.5. The van der Waals surface area contributed by atoms with Crippen molar-refractivity contribution in [1.82, 2.24) is 14.5 Å². The van der Waals surface area contributed by atoms with E-state index < -0.39 is 10.0 Å². The molecule has 120 valence electrons. The van der Waals surface area contributed by atoms with Gasteiger partial charge in [0.1, 0.15) is 4.90 Å². The molecule has 2 aromatic heterocycles. The number of rotatable bonds is 6. The molecular formula is C16H17N3O2S2. The number of sulfonamides is 1. The monoisotopic (exact) mass is 347 g/mol. The summed E-state index contributed by atoms with van der Waals surface area (Å²) < 4.78 is 29.2. The van der Waals surface area contributed by atoms with Crippen molar-refractivity contribution < 1.29 is 8.42 Å². The van der Waals surface area contributed by atoms with Crippen LogP contribution in [0.1, 0.15) is 16.1 Å². The van der Waals surface area contributed by atoms with Gasteiger partial charge in [0.25, 0.3) is 0 Å². The third-order valence-corrected chi connectivity index (χ3v) is 5.78. The SMILES string of the molecule is Cc1nn(Cc2ccccc2)cc1S(=O)(=O)NCc1cccs1. The van der Waals surface area contributed by atoms with Crippen LogP contribution in [0.25, 0.3) is 0 Å². The summed E-state index contributed by atoms with van der Waals surface area (Å²) in [6.45, 7) is 2.55. The number of aryl methyl sites for hydroxylation is 1. The summed E-state index contributed by atoms with van der Waals surface area (Å²) in [5, 5.41) is 6.24. The van der Waals surface area contributed by atoms with E-state index >= 15 is 0 Å². The number of hydrogen-bond acceptors (Lipinski definition) is 4. The fraction of sp³-hybridized carbons (Fsp3) is 0.188. The lowest BCUT2D eigenvalue weighted by molar-refractivity contribution is 0.581. The van der Waals surface area contributed by atoms with Crippen molar-refractivity contribution in [3.05, 3.63) is 70.2 Å². The van der Waals surface area contributed by atoms with Crippen LogP contribution in [0.3, 0.4) is 0 Å². The molecule has 0 aliphatic heterocycles. The molecule has 7 heteroatoms. The van der Waals surface area contributed by atoms with Crippen LogP contribution < -0.4 is 4.72 Å². The number of nitrogens with zero attached hydrogens (tertiary/aromatic N) is 2. The van der Waals surface area contributed by atoms with Gasteiger partial charge < -0.3 is 0 Å². The molecule has 0 saturated carbocycles. The molecule has 0 aliphatic rings. The Morgan fingerprint density at radius 3 is 2.65 bits per heavy atom. The van der Waals surface area contributed by atoms with Crippen molar-refractivity contribution in [3.8, 4) is 0 Å². The van der Waals surface area contributed by atoms with Crippen LogP contribution in [0.5, 0.6) is 0 Å². The molecule has 0 bridgehead atoms. The molecule has 0 fully saturated rings. The predicted octanol–water partition coefficient (Wildman–Crippen LogP) is 2.78. The van der Waals surface area contributed by atoms with Gasteiger partial charge in [0, 0.05) is 17.6 Å². The quantitative estimate of drug-likeness (QED) is 0.746. The molecule has 1 N–H and O–H groups in total. The average molecular weight is 347 g/mol. The third kappa shape index (κ3) is 3.87. The lowest BCUT2D eigenvalue weighted by Crippen LogP contribution is -2.23. The van der Waals surface area contributed by atoms with Crippen LogP contribution in [0.2, 0.25) is 0 Å². The van der Waals surface area contributed by atoms with Gasteiger partial charge >= 0.3 is 0 Å². The highest BCUT2D eigenvalue weighted by Crippen LogP contribution is 2.16. The van der Waals surface area contributed by atoms with E-state index in [-0.39, 0.29) is 4.90 Å². The number of hydrogen-bond donors (Lipinski definition) is 1. The number of benzene rings is 1. The maximum absolute atomic E-state index is 12.5. The van der Waals surface area contributed by atoms with Crippen LogP contribution in [0.4, 0.5) is 0 Å². The van der Waals surface area contributed by atoms with E-state index in [2.05, 4.69) is 9.82 Å². The fourth-order valence-corrected chi connectivity index (χ4v) is 4.20. The molecule has 2 heterocycles. The van der Waals surface area contributed by atoms with Crippen molar-refractivity contribution in [1.29, 1.82) is 0 Å². The molecule has 0 atom stereocenters. The molecule has 23 heavy (non-hydrogen) atoms. The zero-order valence-corrected chi connectivity index (χ0v) is 14.3. The van der Waals surface area contributed by atoms with Crippen molar-refractivity contribution in [3.63, 3.8) is 0 Å².